The number of hydrogen-bond donors (Lipinski definition) is 1. The van der Waals surface area contributed by atoms with Crippen LogP contribution in [0.25, 0.3) is 0 Å². The van der Waals surface area contributed by atoms with Crippen LogP contribution in [0.2, 0.25) is 0 Å². The summed E-state index contributed by atoms with van der Waals surface area (Å²) >= 11 is 0. The monoisotopic (exact) mass is 239 g/mol. The number of carboxylic acid groups (broad SMARTS) is 1. The Balaban J connectivity index is 1.85. The molecule has 0 aromatic heterocycles. The number of nitrogens with zero attached hydrogens (tertiary/aromatic N) is 1. The first-order valence-corrected chi connectivity index (χ1v) is 7.02. The summed E-state index contributed by atoms with van der Waals surface area (Å²) in [6.07, 6.45) is 5.42. The van der Waals surface area contributed by atoms with Gasteiger partial charge in [-0.15, -0.1) is 0 Å². The number of aliphatic carboxylic acids is 1. The van der Waals surface area contributed by atoms with Crippen molar-refractivity contribution >= 4 is 5.97 Å². The van der Waals surface area contributed by atoms with Crippen LogP contribution in [0.3, 0.4) is 0 Å². The molecule has 1 saturated carbocycles. The molecule has 2 aliphatic rings. The summed E-state index contributed by atoms with van der Waals surface area (Å²) in [6.45, 7) is 6.84. The summed E-state index contributed by atoms with van der Waals surface area (Å²) in [7, 11) is 0. The lowest BCUT2D eigenvalue weighted by Gasteiger charge is -2.38. The fraction of sp³-hybridized carbons (Fsp3) is 0.929. The topological polar surface area (TPSA) is 40.5 Å². The van der Waals surface area contributed by atoms with E-state index >= 15 is 0 Å². The summed E-state index contributed by atoms with van der Waals surface area (Å²) < 4.78 is 0. The molecule has 3 heteroatoms. The maximum Gasteiger partial charge on any atom is 0.303 e. The minimum absolute atomic E-state index is 0.355. The molecule has 1 aliphatic carbocycles. The van der Waals surface area contributed by atoms with Crippen LogP contribution in [0.15, 0.2) is 0 Å². The lowest BCUT2D eigenvalue weighted by Crippen LogP contribution is -2.41. The second kappa shape index (κ2) is 5.38. The van der Waals surface area contributed by atoms with E-state index in [2.05, 4.69) is 18.7 Å². The third kappa shape index (κ3) is 3.21. The average Bonchev–Trinajstić information content (AvgIpc) is 2.65. The van der Waals surface area contributed by atoms with Gasteiger partial charge in [-0.2, -0.15) is 0 Å². The van der Waals surface area contributed by atoms with Gasteiger partial charge in [0.2, 0.25) is 0 Å². The summed E-state index contributed by atoms with van der Waals surface area (Å²) in [5, 5.41) is 8.84. The van der Waals surface area contributed by atoms with E-state index in [4.69, 9.17) is 5.11 Å². The van der Waals surface area contributed by atoms with E-state index in [0.29, 0.717) is 18.4 Å². The van der Waals surface area contributed by atoms with Gasteiger partial charge in [-0.05, 0) is 50.0 Å². The predicted octanol–water partition coefficient (Wildman–Crippen LogP) is 2.61. The van der Waals surface area contributed by atoms with Crippen LogP contribution in [0.5, 0.6) is 0 Å². The Hall–Kier alpha value is -0.570. The van der Waals surface area contributed by atoms with Crippen LogP contribution in [0, 0.1) is 17.8 Å². The molecule has 0 spiro atoms. The van der Waals surface area contributed by atoms with Gasteiger partial charge in [0.05, 0.1) is 0 Å². The molecule has 2 fully saturated rings. The van der Waals surface area contributed by atoms with Crippen LogP contribution >= 0.6 is 0 Å². The van der Waals surface area contributed by atoms with Crippen LogP contribution in [-0.2, 0) is 4.79 Å². The molecule has 0 bridgehead atoms. The second-order valence-electron chi connectivity index (χ2n) is 6.21. The molecule has 4 unspecified atom stereocenters. The van der Waals surface area contributed by atoms with E-state index in [0.717, 1.165) is 31.3 Å². The Morgan fingerprint density at radius 3 is 2.71 bits per heavy atom. The summed E-state index contributed by atoms with van der Waals surface area (Å²) in [5.41, 5.74) is 0. The van der Waals surface area contributed by atoms with E-state index in [1.165, 1.54) is 19.3 Å². The standard InChI is InChI=1S/C14H25NO2/c1-10-3-4-13(11(2)7-10)15-6-5-12(9-15)8-14(16)17/h10-13H,3-9H2,1-2H3,(H,16,17). The number of carboxylic acids is 1. The molecule has 3 nitrogen and oxygen atoms in total. The molecular weight excluding hydrogens is 214 g/mol. The molecule has 1 N–H and O–H groups in total. The van der Waals surface area contributed by atoms with Crippen molar-refractivity contribution < 1.29 is 9.90 Å². The first-order chi connectivity index (χ1) is 8.06. The molecule has 0 amide bonds. The largest absolute Gasteiger partial charge is 0.481 e. The van der Waals surface area contributed by atoms with E-state index in [1.54, 1.807) is 0 Å². The number of hydrogen-bond acceptors (Lipinski definition) is 2. The molecule has 0 radical (unpaired) electrons. The summed E-state index contributed by atoms with van der Waals surface area (Å²) in [4.78, 5) is 13.3. The highest BCUT2D eigenvalue weighted by Gasteiger charge is 2.34. The molecular formula is C14H25NO2. The van der Waals surface area contributed by atoms with Crippen LogP contribution in [0.1, 0.15) is 46.0 Å². The minimum Gasteiger partial charge on any atom is -0.481 e. The smallest absolute Gasteiger partial charge is 0.303 e. The molecule has 0 aromatic carbocycles. The zero-order chi connectivity index (χ0) is 12.4. The molecule has 98 valence electrons. The molecule has 1 saturated heterocycles. The van der Waals surface area contributed by atoms with Crippen molar-refractivity contribution in [2.75, 3.05) is 13.1 Å². The zero-order valence-corrected chi connectivity index (χ0v) is 11.1. The van der Waals surface area contributed by atoms with Gasteiger partial charge < -0.3 is 5.11 Å². The molecule has 0 aromatic rings. The van der Waals surface area contributed by atoms with Gasteiger partial charge in [-0.1, -0.05) is 13.8 Å². The van der Waals surface area contributed by atoms with Crippen molar-refractivity contribution in [1.29, 1.82) is 0 Å². The Labute approximate surface area is 104 Å². The van der Waals surface area contributed by atoms with Crippen molar-refractivity contribution in [2.45, 2.75) is 52.0 Å². The van der Waals surface area contributed by atoms with Gasteiger partial charge >= 0.3 is 5.97 Å². The van der Waals surface area contributed by atoms with Crippen LogP contribution in [-0.4, -0.2) is 35.1 Å². The molecule has 1 aliphatic heterocycles. The fourth-order valence-corrected chi connectivity index (χ4v) is 3.77. The van der Waals surface area contributed by atoms with E-state index < -0.39 is 5.97 Å². The van der Waals surface area contributed by atoms with Crippen molar-refractivity contribution in [1.82, 2.24) is 4.90 Å². The summed E-state index contributed by atoms with van der Waals surface area (Å²) in [5.74, 6) is 1.40. The van der Waals surface area contributed by atoms with Crippen molar-refractivity contribution in [3.8, 4) is 0 Å². The minimum atomic E-state index is -0.637. The Morgan fingerprint density at radius 1 is 1.29 bits per heavy atom. The van der Waals surface area contributed by atoms with Gasteiger partial charge in [0, 0.05) is 19.0 Å². The SMILES string of the molecule is CC1CCC(N2CCC(CC(=O)O)C2)C(C)C1. The molecule has 1 heterocycles. The highest BCUT2D eigenvalue weighted by molar-refractivity contribution is 5.67. The Bertz CT molecular complexity index is 279. The van der Waals surface area contributed by atoms with Crippen molar-refractivity contribution in [2.24, 2.45) is 17.8 Å². The second-order valence-corrected chi connectivity index (χ2v) is 6.21. The van der Waals surface area contributed by atoms with E-state index in [1.807, 2.05) is 0 Å². The highest BCUT2D eigenvalue weighted by atomic mass is 16.4. The molecule has 4 atom stereocenters. The van der Waals surface area contributed by atoms with Gasteiger partial charge in [-0.3, -0.25) is 9.69 Å². The van der Waals surface area contributed by atoms with Crippen molar-refractivity contribution in [3.63, 3.8) is 0 Å². The quantitative estimate of drug-likeness (QED) is 0.823. The number of likely N-dealkylation sites (tertiary alicyclic amines) is 1. The molecule has 2 rings (SSSR count). The average molecular weight is 239 g/mol. The lowest BCUT2D eigenvalue weighted by atomic mass is 9.79. The van der Waals surface area contributed by atoms with Gasteiger partial charge in [0.25, 0.3) is 0 Å². The Kier molecular flexibility index (Phi) is 4.08. The highest BCUT2D eigenvalue weighted by Crippen LogP contribution is 2.34. The first kappa shape index (κ1) is 12.9. The normalized spacial score (nSPS) is 39.4. The molecule has 17 heavy (non-hydrogen) atoms. The van der Waals surface area contributed by atoms with Crippen LogP contribution < -0.4 is 0 Å². The third-order valence-electron chi connectivity index (χ3n) is 4.64. The fourth-order valence-electron chi connectivity index (χ4n) is 3.77. The number of rotatable bonds is 3. The Morgan fingerprint density at radius 2 is 2.06 bits per heavy atom. The third-order valence-corrected chi connectivity index (χ3v) is 4.64. The summed E-state index contributed by atoms with van der Waals surface area (Å²) in [6, 6.07) is 0.713. The van der Waals surface area contributed by atoms with Gasteiger partial charge in [-0.25, -0.2) is 0 Å². The maximum atomic E-state index is 10.7. The van der Waals surface area contributed by atoms with Crippen LogP contribution in [0.4, 0.5) is 0 Å². The van der Waals surface area contributed by atoms with Gasteiger partial charge in [0.1, 0.15) is 0 Å². The number of carbonyl (C=O) groups is 1. The lowest BCUT2D eigenvalue weighted by molar-refractivity contribution is -0.138. The van der Waals surface area contributed by atoms with E-state index in [9.17, 15) is 4.79 Å². The predicted molar refractivity (Wildman–Crippen MR) is 67.9 cm³/mol. The van der Waals surface area contributed by atoms with Crippen molar-refractivity contribution in [3.05, 3.63) is 0 Å². The van der Waals surface area contributed by atoms with E-state index in [-0.39, 0.29) is 0 Å². The zero-order valence-electron chi connectivity index (χ0n) is 11.1. The first-order valence-electron chi connectivity index (χ1n) is 7.02. The van der Waals surface area contributed by atoms with Gasteiger partial charge in [0.15, 0.2) is 0 Å². The maximum absolute atomic E-state index is 10.7.